The van der Waals surface area contributed by atoms with E-state index in [0.29, 0.717) is 0 Å². The predicted molar refractivity (Wildman–Crippen MR) is 75.2 cm³/mol. The molecule has 0 radical (unpaired) electrons. The van der Waals surface area contributed by atoms with Gasteiger partial charge in [0.05, 0.1) is 7.11 Å². The molecule has 0 aromatic heterocycles. The molecule has 0 fully saturated rings. The van der Waals surface area contributed by atoms with Gasteiger partial charge in [-0.15, -0.1) is 0 Å². The zero-order valence-electron chi connectivity index (χ0n) is 11.0. The van der Waals surface area contributed by atoms with Crippen LogP contribution >= 0.6 is 15.9 Å². The Hall–Kier alpha value is -1.03. The van der Waals surface area contributed by atoms with Gasteiger partial charge in [0.15, 0.2) is 0 Å². The van der Waals surface area contributed by atoms with Crippen molar-refractivity contribution in [1.82, 2.24) is 0 Å². The van der Waals surface area contributed by atoms with Crippen LogP contribution in [-0.4, -0.2) is 18.2 Å². The Kier molecular flexibility index (Phi) is 5.66. The second-order valence-electron chi connectivity index (χ2n) is 4.65. The molecule has 0 saturated carbocycles. The lowest BCUT2D eigenvalue weighted by molar-refractivity contribution is -0.138. The fourth-order valence-corrected chi connectivity index (χ4v) is 2.27. The molecule has 1 aromatic carbocycles. The number of hydrogen-bond acceptors (Lipinski definition) is 2. The van der Waals surface area contributed by atoms with Gasteiger partial charge >= 0.3 is 5.97 Å². The molecule has 0 aliphatic rings. The molecule has 18 heavy (non-hydrogen) atoms. The Balaban J connectivity index is 2.72. The van der Waals surface area contributed by atoms with Crippen molar-refractivity contribution < 1.29 is 14.6 Å². The van der Waals surface area contributed by atoms with E-state index in [1.165, 1.54) is 0 Å². The number of aliphatic carboxylic acids is 1. The second-order valence-corrected chi connectivity index (χ2v) is 5.51. The van der Waals surface area contributed by atoms with E-state index in [-0.39, 0.29) is 12.3 Å². The Morgan fingerprint density at radius 1 is 1.50 bits per heavy atom. The van der Waals surface area contributed by atoms with Crippen molar-refractivity contribution in [1.29, 1.82) is 0 Å². The number of carboxylic acids is 1. The molecule has 0 aliphatic carbocycles. The molecule has 1 atom stereocenters. The van der Waals surface area contributed by atoms with Crippen LogP contribution in [0.25, 0.3) is 0 Å². The first-order valence-electron chi connectivity index (χ1n) is 5.98. The van der Waals surface area contributed by atoms with Crippen LogP contribution in [0.2, 0.25) is 0 Å². The first kappa shape index (κ1) is 15.0. The zero-order chi connectivity index (χ0) is 13.7. The Morgan fingerprint density at radius 3 is 2.72 bits per heavy atom. The molecule has 100 valence electrons. The highest BCUT2D eigenvalue weighted by atomic mass is 79.9. The van der Waals surface area contributed by atoms with E-state index >= 15 is 0 Å². The average molecular weight is 315 g/mol. The predicted octanol–water partition coefficient (Wildman–Crippen LogP) is 3.81. The fraction of sp³-hybridized carbons (Fsp3) is 0.500. The maximum atomic E-state index is 10.6. The number of hydrogen-bond donors (Lipinski definition) is 1. The van der Waals surface area contributed by atoms with E-state index in [1.54, 1.807) is 7.11 Å². The molecule has 1 aromatic rings. The summed E-state index contributed by atoms with van der Waals surface area (Å²) in [7, 11) is 1.66. The number of benzene rings is 1. The maximum absolute atomic E-state index is 10.6. The molecule has 0 heterocycles. The van der Waals surface area contributed by atoms with Crippen molar-refractivity contribution >= 4 is 21.9 Å². The van der Waals surface area contributed by atoms with Crippen LogP contribution in [0.5, 0.6) is 5.75 Å². The minimum absolute atomic E-state index is 0.173. The van der Waals surface area contributed by atoms with Gasteiger partial charge in [-0.2, -0.15) is 0 Å². The molecule has 0 bridgehead atoms. The first-order chi connectivity index (χ1) is 8.43. The van der Waals surface area contributed by atoms with Crippen LogP contribution in [0.1, 0.15) is 30.9 Å². The largest absolute Gasteiger partial charge is 0.496 e. The van der Waals surface area contributed by atoms with Gasteiger partial charge in [0.2, 0.25) is 0 Å². The normalized spacial score (nSPS) is 12.2. The number of ether oxygens (including phenoxy) is 1. The van der Waals surface area contributed by atoms with E-state index < -0.39 is 5.97 Å². The summed E-state index contributed by atoms with van der Waals surface area (Å²) in [6.45, 7) is 3.98. The highest BCUT2D eigenvalue weighted by Gasteiger charge is 2.11. The minimum atomic E-state index is -0.737. The Bertz CT molecular complexity index is 429. The highest BCUT2D eigenvalue weighted by molar-refractivity contribution is 9.10. The quantitative estimate of drug-likeness (QED) is 0.868. The molecule has 0 aliphatic heterocycles. The average Bonchev–Trinajstić information content (AvgIpc) is 2.29. The molecule has 1 rings (SSSR count). The summed E-state index contributed by atoms with van der Waals surface area (Å²) < 4.78 is 6.42. The summed E-state index contributed by atoms with van der Waals surface area (Å²) >= 11 is 3.51. The van der Waals surface area contributed by atoms with E-state index in [0.717, 1.165) is 34.2 Å². The number of rotatable bonds is 6. The van der Waals surface area contributed by atoms with E-state index in [2.05, 4.69) is 22.0 Å². The van der Waals surface area contributed by atoms with Gasteiger partial charge in [0, 0.05) is 10.9 Å². The van der Waals surface area contributed by atoms with Crippen LogP contribution in [0.4, 0.5) is 0 Å². The lowest BCUT2D eigenvalue weighted by atomic mass is 9.97. The van der Waals surface area contributed by atoms with Crippen molar-refractivity contribution in [3.05, 3.63) is 27.7 Å². The smallest absolute Gasteiger partial charge is 0.303 e. The lowest BCUT2D eigenvalue weighted by Crippen LogP contribution is -2.06. The summed E-state index contributed by atoms with van der Waals surface area (Å²) in [5.41, 5.74) is 2.25. The Morgan fingerprint density at radius 2 is 2.17 bits per heavy atom. The lowest BCUT2D eigenvalue weighted by Gasteiger charge is -2.13. The van der Waals surface area contributed by atoms with Crippen LogP contribution in [0.3, 0.4) is 0 Å². The van der Waals surface area contributed by atoms with Gasteiger partial charge in [-0.1, -0.05) is 22.9 Å². The van der Waals surface area contributed by atoms with Gasteiger partial charge < -0.3 is 9.84 Å². The van der Waals surface area contributed by atoms with Crippen LogP contribution in [0, 0.1) is 12.8 Å². The molecule has 0 amide bonds. The molecule has 1 N–H and O–H groups in total. The highest BCUT2D eigenvalue weighted by Crippen LogP contribution is 2.28. The third kappa shape index (κ3) is 4.33. The summed E-state index contributed by atoms with van der Waals surface area (Å²) in [6.07, 6.45) is 1.89. The first-order valence-corrected chi connectivity index (χ1v) is 6.78. The second kappa shape index (κ2) is 6.78. The monoisotopic (exact) mass is 314 g/mol. The summed E-state index contributed by atoms with van der Waals surface area (Å²) in [5.74, 6) is 0.310. The maximum Gasteiger partial charge on any atom is 0.303 e. The van der Waals surface area contributed by atoms with Crippen LogP contribution < -0.4 is 4.74 Å². The van der Waals surface area contributed by atoms with E-state index in [9.17, 15) is 4.79 Å². The fourth-order valence-electron chi connectivity index (χ4n) is 1.88. The van der Waals surface area contributed by atoms with Gasteiger partial charge in [-0.25, -0.2) is 0 Å². The molecule has 0 saturated heterocycles. The molecular formula is C14H19BrO3. The standard InChI is InChI=1S/C14H19BrO3/c1-9(6-14(16)17)4-5-11-8-12(15)10(2)7-13(11)18-3/h7-9H,4-6H2,1-3H3,(H,16,17). The summed E-state index contributed by atoms with van der Waals surface area (Å²) in [4.78, 5) is 10.6. The van der Waals surface area contributed by atoms with Crippen molar-refractivity contribution in [2.45, 2.75) is 33.1 Å². The third-order valence-electron chi connectivity index (χ3n) is 2.99. The topological polar surface area (TPSA) is 46.5 Å². The number of halogens is 1. The molecule has 1 unspecified atom stereocenters. The third-order valence-corrected chi connectivity index (χ3v) is 3.85. The molecule has 0 spiro atoms. The van der Waals surface area contributed by atoms with Gasteiger partial charge in [0.25, 0.3) is 0 Å². The van der Waals surface area contributed by atoms with Gasteiger partial charge in [-0.05, 0) is 48.9 Å². The van der Waals surface area contributed by atoms with Gasteiger partial charge in [0.1, 0.15) is 5.75 Å². The van der Waals surface area contributed by atoms with E-state index in [4.69, 9.17) is 9.84 Å². The number of carboxylic acid groups (broad SMARTS) is 1. The number of methoxy groups -OCH3 is 1. The van der Waals surface area contributed by atoms with Crippen molar-refractivity contribution in [3.8, 4) is 5.75 Å². The minimum Gasteiger partial charge on any atom is -0.496 e. The SMILES string of the molecule is COc1cc(C)c(Br)cc1CCC(C)CC(=O)O. The molecular weight excluding hydrogens is 296 g/mol. The Labute approximate surface area is 116 Å². The van der Waals surface area contributed by atoms with Crippen molar-refractivity contribution in [2.24, 2.45) is 5.92 Å². The summed E-state index contributed by atoms with van der Waals surface area (Å²) in [6, 6.07) is 4.06. The van der Waals surface area contributed by atoms with Gasteiger partial charge in [-0.3, -0.25) is 4.79 Å². The number of carbonyl (C=O) groups is 1. The van der Waals surface area contributed by atoms with Crippen LogP contribution in [-0.2, 0) is 11.2 Å². The molecule has 3 nitrogen and oxygen atoms in total. The zero-order valence-corrected chi connectivity index (χ0v) is 12.6. The number of aryl methyl sites for hydroxylation is 2. The van der Waals surface area contributed by atoms with Crippen molar-refractivity contribution in [2.75, 3.05) is 7.11 Å². The van der Waals surface area contributed by atoms with Crippen molar-refractivity contribution in [3.63, 3.8) is 0 Å². The molecule has 4 heteroatoms. The van der Waals surface area contributed by atoms with Crippen LogP contribution in [0.15, 0.2) is 16.6 Å². The summed E-state index contributed by atoms with van der Waals surface area (Å²) in [5, 5.41) is 8.73. The van der Waals surface area contributed by atoms with E-state index in [1.807, 2.05) is 19.9 Å².